The van der Waals surface area contributed by atoms with Gasteiger partial charge in [-0.2, -0.15) is 0 Å². The SMILES string of the molecule is COC(=O)C1=CCCC(CCOCc2ccccc2)C1. The van der Waals surface area contributed by atoms with Crippen LogP contribution < -0.4 is 0 Å². The summed E-state index contributed by atoms with van der Waals surface area (Å²) < 4.78 is 10.5. The van der Waals surface area contributed by atoms with Gasteiger partial charge in [0.05, 0.1) is 13.7 Å². The van der Waals surface area contributed by atoms with Crippen molar-refractivity contribution in [3.05, 3.63) is 47.5 Å². The summed E-state index contributed by atoms with van der Waals surface area (Å²) >= 11 is 0. The summed E-state index contributed by atoms with van der Waals surface area (Å²) in [6.07, 6.45) is 5.93. The average Bonchev–Trinajstić information content (AvgIpc) is 2.52. The summed E-state index contributed by atoms with van der Waals surface area (Å²) in [5.74, 6) is 0.352. The van der Waals surface area contributed by atoms with Crippen LogP contribution in [0.5, 0.6) is 0 Å². The first-order valence-corrected chi connectivity index (χ1v) is 7.18. The minimum absolute atomic E-state index is 0.181. The van der Waals surface area contributed by atoms with E-state index < -0.39 is 0 Å². The fourth-order valence-corrected chi connectivity index (χ4v) is 2.55. The highest BCUT2D eigenvalue weighted by atomic mass is 16.5. The van der Waals surface area contributed by atoms with Crippen LogP contribution in [-0.2, 0) is 20.9 Å². The van der Waals surface area contributed by atoms with E-state index in [9.17, 15) is 4.79 Å². The summed E-state index contributed by atoms with van der Waals surface area (Å²) in [6, 6.07) is 10.2. The van der Waals surface area contributed by atoms with E-state index in [4.69, 9.17) is 9.47 Å². The predicted octanol–water partition coefficient (Wildman–Crippen LogP) is 3.49. The van der Waals surface area contributed by atoms with Crippen LogP contribution in [0.4, 0.5) is 0 Å². The monoisotopic (exact) mass is 274 g/mol. The number of allylic oxidation sites excluding steroid dienone is 1. The third-order valence-corrected chi connectivity index (χ3v) is 3.70. The van der Waals surface area contributed by atoms with Crippen molar-refractivity contribution in [3.63, 3.8) is 0 Å². The Bertz CT molecular complexity index is 451. The Morgan fingerprint density at radius 3 is 2.85 bits per heavy atom. The zero-order chi connectivity index (χ0) is 14.2. The molecule has 0 heterocycles. The van der Waals surface area contributed by atoms with Gasteiger partial charge in [-0.25, -0.2) is 4.79 Å². The van der Waals surface area contributed by atoms with Gasteiger partial charge in [0, 0.05) is 12.2 Å². The average molecular weight is 274 g/mol. The summed E-state index contributed by atoms with van der Waals surface area (Å²) in [7, 11) is 1.44. The summed E-state index contributed by atoms with van der Waals surface area (Å²) in [5, 5.41) is 0. The van der Waals surface area contributed by atoms with Gasteiger partial charge < -0.3 is 9.47 Å². The van der Waals surface area contributed by atoms with Crippen molar-refractivity contribution >= 4 is 5.97 Å². The largest absolute Gasteiger partial charge is 0.466 e. The van der Waals surface area contributed by atoms with Crippen LogP contribution in [0.3, 0.4) is 0 Å². The quantitative estimate of drug-likeness (QED) is 0.588. The summed E-state index contributed by atoms with van der Waals surface area (Å²) in [6.45, 7) is 1.40. The van der Waals surface area contributed by atoms with Gasteiger partial charge in [-0.05, 0) is 37.2 Å². The van der Waals surface area contributed by atoms with Crippen molar-refractivity contribution in [1.82, 2.24) is 0 Å². The molecule has 3 nitrogen and oxygen atoms in total. The minimum Gasteiger partial charge on any atom is -0.466 e. The highest BCUT2D eigenvalue weighted by Gasteiger charge is 2.20. The molecule has 1 aromatic carbocycles. The molecule has 1 aliphatic carbocycles. The maximum Gasteiger partial charge on any atom is 0.333 e. The van der Waals surface area contributed by atoms with Gasteiger partial charge in [0.2, 0.25) is 0 Å². The van der Waals surface area contributed by atoms with E-state index in [0.717, 1.165) is 37.9 Å². The van der Waals surface area contributed by atoms with Crippen molar-refractivity contribution < 1.29 is 14.3 Å². The Kier molecular flexibility index (Phi) is 5.81. The molecule has 108 valence electrons. The number of esters is 1. The number of hydrogen-bond acceptors (Lipinski definition) is 3. The number of benzene rings is 1. The molecule has 0 aliphatic heterocycles. The summed E-state index contributed by atoms with van der Waals surface area (Å²) in [4.78, 5) is 11.5. The lowest BCUT2D eigenvalue weighted by Crippen LogP contribution is -2.15. The molecule has 0 bridgehead atoms. The molecule has 0 saturated heterocycles. The Hall–Kier alpha value is -1.61. The number of carbonyl (C=O) groups excluding carboxylic acids is 1. The van der Waals surface area contributed by atoms with Crippen LogP contribution in [0.1, 0.15) is 31.2 Å². The van der Waals surface area contributed by atoms with E-state index in [2.05, 4.69) is 12.1 Å². The predicted molar refractivity (Wildman–Crippen MR) is 78.2 cm³/mol. The number of carbonyl (C=O) groups is 1. The van der Waals surface area contributed by atoms with Gasteiger partial charge in [0.1, 0.15) is 0 Å². The first kappa shape index (κ1) is 14.8. The Balaban J connectivity index is 1.67. The molecule has 2 rings (SSSR count). The van der Waals surface area contributed by atoms with Gasteiger partial charge in [0.25, 0.3) is 0 Å². The fourth-order valence-electron chi connectivity index (χ4n) is 2.55. The van der Waals surface area contributed by atoms with E-state index in [-0.39, 0.29) is 5.97 Å². The Morgan fingerprint density at radius 2 is 2.10 bits per heavy atom. The van der Waals surface area contributed by atoms with Crippen molar-refractivity contribution in [2.24, 2.45) is 5.92 Å². The molecule has 20 heavy (non-hydrogen) atoms. The second kappa shape index (κ2) is 7.85. The van der Waals surface area contributed by atoms with Crippen LogP contribution in [0, 0.1) is 5.92 Å². The zero-order valence-corrected chi connectivity index (χ0v) is 12.0. The normalized spacial score (nSPS) is 18.4. The fraction of sp³-hybridized carbons (Fsp3) is 0.471. The van der Waals surface area contributed by atoms with Gasteiger partial charge in [0.15, 0.2) is 0 Å². The molecule has 0 spiro atoms. The topological polar surface area (TPSA) is 35.5 Å². The number of ether oxygens (including phenoxy) is 2. The first-order chi connectivity index (χ1) is 9.79. The first-order valence-electron chi connectivity index (χ1n) is 7.18. The van der Waals surface area contributed by atoms with Crippen molar-refractivity contribution in [2.45, 2.75) is 32.3 Å². The van der Waals surface area contributed by atoms with E-state index >= 15 is 0 Å². The molecule has 0 radical (unpaired) electrons. The smallest absolute Gasteiger partial charge is 0.333 e. The van der Waals surface area contributed by atoms with Crippen LogP contribution >= 0.6 is 0 Å². The molecule has 1 aliphatic rings. The molecule has 1 aromatic rings. The van der Waals surface area contributed by atoms with E-state index in [0.29, 0.717) is 12.5 Å². The van der Waals surface area contributed by atoms with E-state index in [1.54, 1.807) is 0 Å². The van der Waals surface area contributed by atoms with Crippen LogP contribution in [-0.4, -0.2) is 19.7 Å². The van der Waals surface area contributed by atoms with Crippen molar-refractivity contribution in [1.29, 1.82) is 0 Å². The molecule has 3 heteroatoms. The van der Waals surface area contributed by atoms with Gasteiger partial charge in [-0.1, -0.05) is 36.4 Å². The molecule has 0 amide bonds. The van der Waals surface area contributed by atoms with Gasteiger partial charge >= 0.3 is 5.97 Å². The van der Waals surface area contributed by atoms with E-state index in [1.807, 2.05) is 24.3 Å². The van der Waals surface area contributed by atoms with Crippen LogP contribution in [0.25, 0.3) is 0 Å². The van der Waals surface area contributed by atoms with Crippen LogP contribution in [0.15, 0.2) is 42.0 Å². The Labute approximate surface area is 120 Å². The zero-order valence-electron chi connectivity index (χ0n) is 12.0. The summed E-state index contributed by atoms with van der Waals surface area (Å²) in [5.41, 5.74) is 2.03. The second-order valence-electron chi connectivity index (χ2n) is 5.20. The third-order valence-electron chi connectivity index (χ3n) is 3.70. The molecule has 0 fully saturated rings. The minimum atomic E-state index is -0.181. The van der Waals surface area contributed by atoms with Crippen molar-refractivity contribution in [3.8, 4) is 0 Å². The molecule has 0 saturated carbocycles. The molecule has 0 N–H and O–H groups in total. The van der Waals surface area contributed by atoms with Gasteiger partial charge in [-0.15, -0.1) is 0 Å². The molecular weight excluding hydrogens is 252 g/mol. The highest BCUT2D eigenvalue weighted by Crippen LogP contribution is 2.27. The van der Waals surface area contributed by atoms with Crippen molar-refractivity contribution in [2.75, 3.05) is 13.7 Å². The van der Waals surface area contributed by atoms with E-state index in [1.165, 1.54) is 12.7 Å². The number of hydrogen-bond donors (Lipinski definition) is 0. The molecule has 0 aromatic heterocycles. The lowest BCUT2D eigenvalue weighted by molar-refractivity contribution is -0.136. The highest BCUT2D eigenvalue weighted by molar-refractivity contribution is 5.88. The molecule has 1 atom stereocenters. The molecule has 1 unspecified atom stereocenters. The second-order valence-corrected chi connectivity index (χ2v) is 5.20. The lowest BCUT2D eigenvalue weighted by Gasteiger charge is -2.21. The third kappa shape index (κ3) is 4.49. The number of rotatable bonds is 6. The Morgan fingerprint density at radius 1 is 1.30 bits per heavy atom. The maximum atomic E-state index is 11.5. The van der Waals surface area contributed by atoms with Gasteiger partial charge in [-0.3, -0.25) is 0 Å². The maximum absolute atomic E-state index is 11.5. The standard InChI is InChI=1S/C17H22O3/c1-19-17(18)16-9-5-8-14(12-16)10-11-20-13-15-6-3-2-4-7-15/h2-4,6-7,9,14H,5,8,10-13H2,1H3. The lowest BCUT2D eigenvalue weighted by atomic mass is 9.87. The van der Waals surface area contributed by atoms with Crippen LogP contribution in [0.2, 0.25) is 0 Å². The number of methoxy groups -OCH3 is 1. The molecular formula is C17H22O3.